The maximum Gasteiger partial charge on any atom is 0.157 e. The van der Waals surface area contributed by atoms with Crippen molar-refractivity contribution in [2.45, 2.75) is 32.2 Å². The maximum absolute atomic E-state index is 5.58. The van der Waals surface area contributed by atoms with Crippen LogP contribution in [-0.4, -0.2) is 52.5 Å². The van der Waals surface area contributed by atoms with E-state index in [2.05, 4.69) is 12.1 Å². The van der Waals surface area contributed by atoms with Gasteiger partial charge in [-0.2, -0.15) is 0 Å². The summed E-state index contributed by atoms with van der Waals surface area (Å²) in [6.07, 6.45) is 3.28. The van der Waals surface area contributed by atoms with Crippen molar-refractivity contribution >= 4 is 0 Å². The Hall–Kier alpha value is -0.980. The molecule has 0 aromatic heterocycles. The van der Waals surface area contributed by atoms with Crippen molar-refractivity contribution in [2.24, 2.45) is 0 Å². The monoisotopic (exact) mass is 324 g/mol. The predicted octanol–water partition coefficient (Wildman–Crippen LogP) is 2.78. The Bertz CT molecular complexity index is 378. The van der Waals surface area contributed by atoms with Gasteiger partial charge in [0.2, 0.25) is 0 Å². The Balaban J connectivity index is 1.30. The molecule has 1 heterocycles. The Morgan fingerprint density at radius 2 is 1.52 bits per heavy atom. The quantitative estimate of drug-likeness (QED) is 0.553. The number of hydrogen-bond donors (Lipinski definition) is 0. The third-order valence-corrected chi connectivity index (χ3v) is 3.52. The molecule has 0 aliphatic carbocycles. The van der Waals surface area contributed by atoms with Crippen molar-refractivity contribution in [1.29, 1.82) is 0 Å². The maximum atomic E-state index is 5.58. The van der Waals surface area contributed by atoms with Crippen molar-refractivity contribution in [3.8, 4) is 0 Å². The lowest BCUT2D eigenvalue weighted by Gasteiger charge is -2.22. The SMILES string of the molecule is c1ccc(COCCOCCOCCOC2CCCCO2)cc1. The minimum Gasteiger partial charge on any atom is -0.377 e. The van der Waals surface area contributed by atoms with Crippen LogP contribution in [0.5, 0.6) is 0 Å². The van der Waals surface area contributed by atoms with E-state index in [0.717, 1.165) is 19.4 Å². The average molecular weight is 324 g/mol. The van der Waals surface area contributed by atoms with Gasteiger partial charge < -0.3 is 23.7 Å². The summed E-state index contributed by atoms with van der Waals surface area (Å²) in [5.74, 6) is 0. The summed E-state index contributed by atoms with van der Waals surface area (Å²) in [5.41, 5.74) is 1.18. The third kappa shape index (κ3) is 9.03. The Morgan fingerprint density at radius 3 is 2.22 bits per heavy atom. The molecule has 0 bridgehead atoms. The molecule has 2 rings (SSSR count). The zero-order valence-electron chi connectivity index (χ0n) is 13.8. The highest BCUT2D eigenvalue weighted by atomic mass is 16.7. The molecule has 1 aromatic carbocycles. The molecule has 5 nitrogen and oxygen atoms in total. The van der Waals surface area contributed by atoms with Crippen molar-refractivity contribution in [1.82, 2.24) is 0 Å². The summed E-state index contributed by atoms with van der Waals surface area (Å²) >= 11 is 0. The minimum absolute atomic E-state index is 0.0367. The van der Waals surface area contributed by atoms with E-state index in [-0.39, 0.29) is 6.29 Å². The van der Waals surface area contributed by atoms with Crippen molar-refractivity contribution in [3.63, 3.8) is 0 Å². The largest absolute Gasteiger partial charge is 0.377 e. The van der Waals surface area contributed by atoms with Crippen LogP contribution < -0.4 is 0 Å². The van der Waals surface area contributed by atoms with Crippen LogP contribution in [0.4, 0.5) is 0 Å². The molecule has 0 radical (unpaired) electrons. The van der Waals surface area contributed by atoms with Crippen LogP contribution in [0.1, 0.15) is 24.8 Å². The molecule has 0 amide bonds. The third-order valence-electron chi connectivity index (χ3n) is 3.52. The smallest absolute Gasteiger partial charge is 0.157 e. The summed E-state index contributed by atoms with van der Waals surface area (Å²) < 4.78 is 27.5. The van der Waals surface area contributed by atoms with Crippen LogP contribution >= 0.6 is 0 Å². The fraction of sp³-hybridized carbons (Fsp3) is 0.667. The van der Waals surface area contributed by atoms with Crippen molar-refractivity contribution in [2.75, 3.05) is 46.2 Å². The second kappa shape index (κ2) is 12.4. The van der Waals surface area contributed by atoms with Gasteiger partial charge in [-0.05, 0) is 24.8 Å². The van der Waals surface area contributed by atoms with Gasteiger partial charge in [0, 0.05) is 6.61 Å². The fourth-order valence-electron chi connectivity index (χ4n) is 2.29. The first-order valence-electron chi connectivity index (χ1n) is 8.45. The van der Waals surface area contributed by atoms with Gasteiger partial charge in [0.25, 0.3) is 0 Å². The highest BCUT2D eigenvalue weighted by Gasteiger charge is 2.13. The molecule has 1 saturated heterocycles. The normalized spacial score (nSPS) is 18.2. The molecule has 1 aliphatic heterocycles. The van der Waals surface area contributed by atoms with Gasteiger partial charge in [-0.15, -0.1) is 0 Å². The minimum atomic E-state index is -0.0367. The lowest BCUT2D eigenvalue weighted by molar-refractivity contribution is -0.169. The summed E-state index contributed by atoms with van der Waals surface area (Å²) in [7, 11) is 0. The summed E-state index contributed by atoms with van der Waals surface area (Å²) in [6.45, 7) is 4.92. The highest BCUT2D eigenvalue weighted by molar-refractivity contribution is 5.13. The molecule has 1 fully saturated rings. The molecule has 23 heavy (non-hydrogen) atoms. The summed E-state index contributed by atoms with van der Waals surface area (Å²) in [5, 5.41) is 0. The predicted molar refractivity (Wildman–Crippen MR) is 87.3 cm³/mol. The van der Waals surface area contributed by atoms with E-state index in [0.29, 0.717) is 46.2 Å². The number of rotatable bonds is 12. The lowest BCUT2D eigenvalue weighted by atomic mass is 10.2. The molecular formula is C18H28O5. The second-order valence-electron chi connectivity index (χ2n) is 5.43. The molecule has 0 spiro atoms. The van der Waals surface area contributed by atoms with E-state index in [1.807, 2.05) is 18.2 Å². The molecule has 1 atom stereocenters. The molecule has 1 unspecified atom stereocenters. The summed E-state index contributed by atoms with van der Waals surface area (Å²) in [6, 6.07) is 10.1. The van der Waals surface area contributed by atoms with Gasteiger partial charge in [-0.1, -0.05) is 30.3 Å². The second-order valence-corrected chi connectivity index (χ2v) is 5.43. The van der Waals surface area contributed by atoms with Gasteiger partial charge in [-0.25, -0.2) is 0 Å². The van der Waals surface area contributed by atoms with E-state index in [1.165, 1.54) is 12.0 Å². The number of benzene rings is 1. The van der Waals surface area contributed by atoms with E-state index in [1.54, 1.807) is 0 Å². The van der Waals surface area contributed by atoms with Crippen LogP contribution in [0, 0.1) is 0 Å². The first kappa shape index (κ1) is 18.4. The van der Waals surface area contributed by atoms with Gasteiger partial charge >= 0.3 is 0 Å². The Labute approximate surface area is 138 Å². The highest BCUT2D eigenvalue weighted by Crippen LogP contribution is 2.13. The van der Waals surface area contributed by atoms with Crippen LogP contribution in [0.2, 0.25) is 0 Å². The number of hydrogen-bond acceptors (Lipinski definition) is 5. The van der Waals surface area contributed by atoms with Crippen molar-refractivity contribution < 1.29 is 23.7 Å². The lowest BCUT2D eigenvalue weighted by Crippen LogP contribution is -2.24. The molecule has 5 heteroatoms. The first-order valence-corrected chi connectivity index (χ1v) is 8.45. The van der Waals surface area contributed by atoms with Gasteiger partial charge in [0.15, 0.2) is 6.29 Å². The van der Waals surface area contributed by atoms with Gasteiger partial charge in [0.05, 0.1) is 46.2 Å². The topological polar surface area (TPSA) is 46.2 Å². The van der Waals surface area contributed by atoms with Crippen LogP contribution in [-0.2, 0) is 30.3 Å². The summed E-state index contributed by atoms with van der Waals surface area (Å²) in [4.78, 5) is 0. The number of ether oxygens (including phenoxy) is 5. The Kier molecular flexibility index (Phi) is 9.93. The fourth-order valence-corrected chi connectivity index (χ4v) is 2.29. The van der Waals surface area contributed by atoms with E-state index >= 15 is 0 Å². The van der Waals surface area contributed by atoms with Gasteiger partial charge in [-0.3, -0.25) is 0 Å². The Morgan fingerprint density at radius 1 is 0.826 bits per heavy atom. The van der Waals surface area contributed by atoms with Crippen LogP contribution in [0.15, 0.2) is 30.3 Å². The van der Waals surface area contributed by atoms with E-state index < -0.39 is 0 Å². The van der Waals surface area contributed by atoms with E-state index in [9.17, 15) is 0 Å². The van der Waals surface area contributed by atoms with Crippen LogP contribution in [0.3, 0.4) is 0 Å². The zero-order chi connectivity index (χ0) is 16.0. The first-order chi connectivity index (χ1) is 11.4. The standard InChI is InChI=1S/C18H28O5/c1-2-6-17(7-3-1)16-21-13-12-19-10-11-20-14-15-23-18-8-4-5-9-22-18/h1-3,6-7,18H,4-5,8-16H2. The van der Waals surface area contributed by atoms with Crippen LogP contribution in [0.25, 0.3) is 0 Å². The average Bonchev–Trinajstić information content (AvgIpc) is 2.61. The van der Waals surface area contributed by atoms with Gasteiger partial charge in [0.1, 0.15) is 0 Å². The molecule has 130 valence electrons. The molecule has 1 aromatic rings. The molecule has 0 saturated carbocycles. The molecular weight excluding hydrogens is 296 g/mol. The molecule has 1 aliphatic rings. The van der Waals surface area contributed by atoms with E-state index in [4.69, 9.17) is 23.7 Å². The zero-order valence-corrected chi connectivity index (χ0v) is 13.8. The molecule has 0 N–H and O–H groups in total. The van der Waals surface area contributed by atoms with Crippen molar-refractivity contribution in [3.05, 3.63) is 35.9 Å².